The zero-order valence-corrected chi connectivity index (χ0v) is 19.0. The summed E-state index contributed by atoms with van der Waals surface area (Å²) < 4.78 is 32.4. The van der Waals surface area contributed by atoms with Crippen LogP contribution in [0.2, 0.25) is 0 Å². The van der Waals surface area contributed by atoms with Crippen LogP contribution in [0.3, 0.4) is 0 Å². The van der Waals surface area contributed by atoms with Gasteiger partial charge in [0.25, 0.3) is 10.0 Å². The van der Waals surface area contributed by atoms with Gasteiger partial charge in [-0.25, -0.2) is 8.42 Å². The molecule has 0 aliphatic heterocycles. The number of hydrogen-bond acceptors (Lipinski definition) is 5. The third-order valence-electron chi connectivity index (χ3n) is 4.12. The monoisotopic (exact) mass is 418 g/mol. The van der Waals surface area contributed by atoms with Gasteiger partial charge < -0.3 is 15.4 Å². The second-order valence-corrected chi connectivity index (χ2v) is 9.98. The van der Waals surface area contributed by atoms with E-state index in [-0.39, 0.29) is 5.60 Å². The van der Waals surface area contributed by atoms with E-state index in [9.17, 15) is 8.42 Å². The van der Waals surface area contributed by atoms with Crippen LogP contribution in [0.4, 0.5) is 0 Å². The SMILES string of the molecule is CCNC(=NCC(C)(C)OC)NCCc1ccc(S(=O)(=O)N(CC)CC)s1. The average Bonchev–Trinajstić information content (AvgIpc) is 3.10. The van der Waals surface area contributed by atoms with Gasteiger partial charge in [-0.15, -0.1) is 11.3 Å². The van der Waals surface area contributed by atoms with E-state index in [2.05, 4.69) is 15.6 Å². The van der Waals surface area contributed by atoms with Crippen LogP contribution in [-0.2, 0) is 21.2 Å². The summed E-state index contributed by atoms with van der Waals surface area (Å²) in [7, 11) is -1.70. The highest BCUT2D eigenvalue weighted by Gasteiger charge is 2.23. The third-order valence-corrected chi connectivity index (χ3v) is 7.78. The molecule has 7 nitrogen and oxygen atoms in total. The van der Waals surface area contributed by atoms with Crippen molar-refractivity contribution in [2.24, 2.45) is 4.99 Å². The van der Waals surface area contributed by atoms with E-state index in [1.807, 2.05) is 40.7 Å². The molecule has 1 rings (SSSR count). The highest BCUT2D eigenvalue weighted by atomic mass is 32.2. The van der Waals surface area contributed by atoms with E-state index in [0.717, 1.165) is 23.8 Å². The Kier molecular flexibility index (Phi) is 9.72. The number of hydrogen-bond donors (Lipinski definition) is 2. The van der Waals surface area contributed by atoms with Crippen LogP contribution in [-0.4, -0.2) is 64.1 Å². The molecule has 1 heterocycles. The summed E-state index contributed by atoms with van der Waals surface area (Å²) in [6.45, 7) is 12.6. The van der Waals surface area contributed by atoms with Gasteiger partial charge in [-0.05, 0) is 39.3 Å². The fourth-order valence-corrected chi connectivity index (χ4v) is 5.27. The highest BCUT2D eigenvalue weighted by molar-refractivity contribution is 7.91. The molecular weight excluding hydrogens is 384 g/mol. The molecule has 0 bridgehead atoms. The van der Waals surface area contributed by atoms with Gasteiger partial charge in [0.05, 0.1) is 12.1 Å². The van der Waals surface area contributed by atoms with E-state index in [4.69, 9.17) is 4.74 Å². The number of rotatable bonds is 11. The predicted molar refractivity (Wildman–Crippen MR) is 113 cm³/mol. The maximum Gasteiger partial charge on any atom is 0.252 e. The molecular formula is C18H34N4O3S2. The fraction of sp³-hybridized carbons (Fsp3) is 0.722. The molecule has 0 saturated carbocycles. The lowest BCUT2D eigenvalue weighted by Crippen LogP contribution is -2.40. The second kappa shape index (κ2) is 11.0. The van der Waals surface area contributed by atoms with Gasteiger partial charge >= 0.3 is 0 Å². The highest BCUT2D eigenvalue weighted by Crippen LogP contribution is 2.25. The van der Waals surface area contributed by atoms with Gasteiger partial charge in [-0.1, -0.05) is 13.8 Å². The molecule has 0 aromatic carbocycles. The summed E-state index contributed by atoms with van der Waals surface area (Å²) in [5.41, 5.74) is -0.316. The van der Waals surface area contributed by atoms with Crippen molar-refractivity contribution < 1.29 is 13.2 Å². The molecule has 0 unspecified atom stereocenters. The van der Waals surface area contributed by atoms with Crippen molar-refractivity contribution in [1.82, 2.24) is 14.9 Å². The summed E-state index contributed by atoms with van der Waals surface area (Å²) in [5, 5.41) is 6.50. The predicted octanol–water partition coefficient (Wildman–Crippen LogP) is 2.30. The lowest BCUT2D eigenvalue weighted by Gasteiger charge is -2.21. The van der Waals surface area contributed by atoms with Gasteiger partial charge in [0, 0.05) is 38.2 Å². The van der Waals surface area contributed by atoms with E-state index in [1.54, 1.807) is 13.2 Å². The van der Waals surface area contributed by atoms with Crippen molar-refractivity contribution in [3.8, 4) is 0 Å². The first-order chi connectivity index (χ1) is 12.7. The molecule has 0 fully saturated rings. The molecule has 0 saturated heterocycles. The van der Waals surface area contributed by atoms with Crippen LogP contribution in [0.25, 0.3) is 0 Å². The van der Waals surface area contributed by atoms with Gasteiger partial charge in [-0.2, -0.15) is 4.31 Å². The van der Waals surface area contributed by atoms with Crippen LogP contribution in [0.1, 0.15) is 39.5 Å². The number of nitrogens with one attached hydrogen (secondary N) is 2. The van der Waals surface area contributed by atoms with Crippen LogP contribution in [0.15, 0.2) is 21.3 Å². The summed E-state index contributed by atoms with van der Waals surface area (Å²) in [6.07, 6.45) is 0.733. The minimum Gasteiger partial charge on any atom is -0.377 e. The number of nitrogens with zero attached hydrogens (tertiary/aromatic N) is 2. The maximum atomic E-state index is 12.6. The Morgan fingerprint density at radius 2 is 1.89 bits per heavy atom. The van der Waals surface area contributed by atoms with Crippen molar-refractivity contribution in [3.63, 3.8) is 0 Å². The topological polar surface area (TPSA) is 83.0 Å². The van der Waals surface area contributed by atoms with Crippen molar-refractivity contribution >= 4 is 27.3 Å². The van der Waals surface area contributed by atoms with Crippen molar-refractivity contribution in [1.29, 1.82) is 0 Å². The van der Waals surface area contributed by atoms with Gasteiger partial charge in [0.1, 0.15) is 4.21 Å². The number of methoxy groups -OCH3 is 1. The van der Waals surface area contributed by atoms with Gasteiger partial charge in [-0.3, -0.25) is 4.99 Å². The first kappa shape index (κ1) is 23.9. The molecule has 9 heteroatoms. The molecule has 0 aliphatic rings. The fourth-order valence-electron chi connectivity index (χ4n) is 2.30. The third kappa shape index (κ3) is 7.40. The van der Waals surface area contributed by atoms with Crippen molar-refractivity contribution in [2.75, 3.05) is 39.8 Å². The Balaban J connectivity index is 2.68. The lowest BCUT2D eigenvalue weighted by molar-refractivity contribution is 0.0310. The zero-order chi connectivity index (χ0) is 20.5. The standard InChI is InChI=1S/C18H34N4O3S2/c1-7-19-17(21-14-18(4,5)25-6)20-13-12-15-10-11-16(26-15)27(23,24)22(8-2)9-3/h10-11H,7-9,12-14H2,1-6H3,(H2,19,20,21). The van der Waals surface area contributed by atoms with Crippen LogP contribution >= 0.6 is 11.3 Å². The smallest absolute Gasteiger partial charge is 0.252 e. The minimum absolute atomic E-state index is 0.316. The Hall–Kier alpha value is -1.16. The Bertz CT molecular complexity index is 695. The normalized spacial score (nSPS) is 13.2. The summed E-state index contributed by atoms with van der Waals surface area (Å²) >= 11 is 1.34. The Morgan fingerprint density at radius 3 is 2.44 bits per heavy atom. The summed E-state index contributed by atoms with van der Waals surface area (Å²) in [4.78, 5) is 5.58. The minimum atomic E-state index is -3.38. The molecule has 0 amide bonds. The lowest BCUT2D eigenvalue weighted by atomic mass is 10.1. The molecule has 27 heavy (non-hydrogen) atoms. The van der Waals surface area contributed by atoms with Crippen LogP contribution in [0.5, 0.6) is 0 Å². The number of sulfonamides is 1. The first-order valence-electron chi connectivity index (χ1n) is 9.36. The van der Waals surface area contributed by atoms with Crippen LogP contribution < -0.4 is 10.6 Å². The van der Waals surface area contributed by atoms with Crippen LogP contribution in [0, 0.1) is 0 Å². The Labute approximate surface area is 168 Å². The number of ether oxygens (including phenoxy) is 1. The summed E-state index contributed by atoms with van der Waals surface area (Å²) in [5.74, 6) is 0.732. The van der Waals surface area contributed by atoms with E-state index in [0.29, 0.717) is 30.4 Å². The number of guanidine groups is 1. The van der Waals surface area contributed by atoms with Gasteiger partial charge in [0.15, 0.2) is 5.96 Å². The largest absolute Gasteiger partial charge is 0.377 e. The average molecular weight is 419 g/mol. The number of thiophene rings is 1. The van der Waals surface area contributed by atoms with Gasteiger partial charge in [0.2, 0.25) is 0 Å². The molecule has 2 N–H and O–H groups in total. The number of aliphatic imine (C=N–C) groups is 1. The molecule has 0 radical (unpaired) electrons. The van der Waals surface area contributed by atoms with Crippen molar-refractivity contribution in [3.05, 3.63) is 17.0 Å². The molecule has 0 spiro atoms. The van der Waals surface area contributed by atoms with E-state index < -0.39 is 10.0 Å². The summed E-state index contributed by atoms with van der Waals surface area (Å²) in [6, 6.07) is 3.59. The second-order valence-electron chi connectivity index (χ2n) is 6.65. The maximum absolute atomic E-state index is 12.6. The van der Waals surface area contributed by atoms with Crippen molar-refractivity contribution in [2.45, 2.75) is 50.8 Å². The molecule has 0 atom stereocenters. The van der Waals surface area contributed by atoms with E-state index in [1.165, 1.54) is 15.6 Å². The Morgan fingerprint density at radius 1 is 1.22 bits per heavy atom. The zero-order valence-electron chi connectivity index (χ0n) is 17.3. The molecule has 156 valence electrons. The van der Waals surface area contributed by atoms with E-state index >= 15 is 0 Å². The molecule has 1 aromatic rings. The first-order valence-corrected chi connectivity index (χ1v) is 11.6. The molecule has 1 aromatic heterocycles. The quantitative estimate of drug-likeness (QED) is 0.426. The molecule has 0 aliphatic carbocycles.